The van der Waals surface area contributed by atoms with Crippen LogP contribution in [0.2, 0.25) is 0 Å². The van der Waals surface area contributed by atoms with E-state index in [9.17, 15) is 4.79 Å². The molecule has 0 atom stereocenters. The van der Waals surface area contributed by atoms with Crippen LogP contribution >= 0.6 is 11.3 Å². The number of thiazole rings is 1. The summed E-state index contributed by atoms with van der Waals surface area (Å²) in [7, 11) is 0. The number of aryl methyl sites for hydroxylation is 1. The van der Waals surface area contributed by atoms with Gasteiger partial charge in [-0.2, -0.15) is 0 Å². The van der Waals surface area contributed by atoms with E-state index >= 15 is 0 Å². The number of rotatable bonds is 4. The van der Waals surface area contributed by atoms with Gasteiger partial charge in [0, 0.05) is 37.7 Å². The Labute approximate surface area is 178 Å². The van der Waals surface area contributed by atoms with E-state index in [4.69, 9.17) is 9.15 Å². The van der Waals surface area contributed by atoms with E-state index in [2.05, 4.69) is 9.97 Å². The Morgan fingerprint density at radius 1 is 1.13 bits per heavy atom. The topological polar surface area (TPSA) is 68.5 Å². The second-order valence-corrected chi connectivity index (χ2v) is 8.42. The van der Waals surface area contributed by atoms with Gasteiger partial charge in [0.1, 0.15) is 6.10 Å². The van der Waals surface area contributed by atoms with Crippen LogP contribution in [0.4, 0.5) is 0 Å². The van der Waals surface area contributed by atoms with Crippen LogP contribution in [0.1, 0.15) is 29.0 Å². The highest BCUT2D eigenvalue weighted by atomic mass is 32.1. The van der Waals surface area contributed by atoms with Crippen LogP contribution in [0.25, 0.3) is 21.0 Å². The highest BCUT2D eigenvalue weighted by Crippen LogP contribution is 2.31. The lowest BCUT2D eigenvalue weighted by Gasteiger charge is -2.31. The summed E-state index contributed by atoms with van der Waals surface area (Å²) in [6.07, 6.45) is 3.35. The van der Waals surface area contributed by atoms with Crippen molar-refractivity contribution in [3.8, 4) is 16.6 Å². The minimum Gasteiger partial charge on any atom is -0.474 e. The molecule has 0 aliphatic carbocycles. The molecule has 0 N–H and O–H groups in total. The molecule has 4 aromatic rings. The summed E-state index contributed by atoms with van der Waals surface area (Å²) in [5.41, 5.74) is 1.96. The first-order chi connectivity index (χ1) is 14.7. The predicted molar refractivity (Wildman–Crippen MR) is 116 cm³/mol. The third-order valence-electron chi connectivity index (χ3n) is 5.29. The quantitative estimate of drug-likeness (QED) is 0.468. The second kappa shape index (κ2) is 7.91. The van der Waals surface area contributed by atoms with Gasteiger partial charge < -0.3 is 14.1 Å². The number of carbonyl (C=O) groups is 1. The number of carbonyl (C=O) groups excluding carboxylic acids is 1. The van der Waals surface area contributed by atoms with Crippen molar-refractivity contribution in [2.75, 3.05) is 13.1 Å². The highest BCUT2D eigenvalue weighted by molar-refractivity contribution is 7.21. The zero-order valence-electron chi connectivity index (χ0n) is 16.6. The maximum Gasteiger partial charge on any atom is 0.289 e. The molecule has 1 aromatic carbocycles. The third kappa shape index (κ3) is 3.68. The summed E-state index contributed by atoms with van der Waals surface area (Å²) >= 11 is 1.56. The van der Waals surface area contributed by atoms with Crippen LogP contribution in [0.5, 0.6) is 5.88 Å². The van der Waals surface area contributed by atoms with Crippen molar-refractivity contribution in [2.24, 2.45) is 0 Å². The highest BCUT2D eigenvalue weighted by Gasteiger charge is 2.27. The van der Waals surface area contributed by atoms with Crippen molar-refractivity contribution < 1.29 is 13.9 Å². The van der Waals surface area contributed by atoms with E-state index in [1.807, 2.05) is 54.3 Å². The number of amides is 1. The van der Waals surface area contributed by atoms with Gasteiger partial charge in [-0.05, 0) is 37.3 Å². The lowest BCUT2D eigenvalue weighted by atomic mass is 10.1. The molecule has 0 bridgehead atoms. The maximum atomic E-state index is 12.9. The molecule has 0 unspecified atom stereocenters. The third-order valence-corrected chi connectivity index (χ3v) is 6.34. The van der Waals surface area contributed by atoms with Crippen LogP contribution in [-0.2, 0) is 0 Å². The Balaban J connectivity index is 1.23. The van der Waals surface area contributed by atoms with Crippen molar-refractivity contribution in [1.29, 1.82) is 0 Å². The SMILES string of the molecule is Cc1cccnc1OC1CCN(C(=O)c2ccc(-c3nc4ccccc4s3)o2)CC1. The van der Waals surface area contributed by atoms with Crippen molar-refractivity contribution in [2.45, 2.75) is 25.9 Å². The van der Waals surface area contributed by atoms with E-state index in [1.54, 1.807) is 23.6 Å². The number of hydrogen-bond donors (Lipinski definition) is 0. The van der Waals surface area contributed by atoms with E-state index in [0.29, 0.717) is 30.5 Å². The Bertz CT molecular complexity index is 1160. The lowest BCUT2D eigenvalue weighted by molar-refractivity contribution is 0.0559. The molecule has 1 saturated heterocycles. The predicted octanol–water partition coefficient (Wildman–Crippen LogP) is 4.94. The Hall–Kier alpha value is -3.19. The summed E-state index contributed by atoms with van der Waals surface area (Å²) in [4.78, 5) is 23.6. The largest absolute Gasteiger partial charge is 0.474 e. The van der Waals surface area contributed by atoms with Crippen LogP contribution in [0.15, 0.2) is 59.1 Å². The number of nitrogens with zero attached hydrogens (tertiary/aromatic N) is 3. The summed E-state index contributed by atoms with van der Waals surface area (Å²) in [6.45, 7) is 3.25. The zero-order valence-corrected chi connectivity index (χ0v) is 17.4. The van der Waals surface area contributed by atoms with Crippen molar-refractivity contribution in [3.63, 3.8) is 0 Å². The van der Waals surface area contributed by atoms with Gasteiger partial charge in [0.25, 0.3) is 5.91 Å². The summed E-state index contributed by atoms with van der Waals surface area (Å²) < 4.78 is 13.0. The molecule has 4 heterocycles. The standard InChI is InChI=1S/C23H21N3O3S/c1-15-5-4-12-24-21(15)28-16-10-13-26(14-11-16)23(27)19-9-8-18(29-19)22-25-17-6-2-3-7-20(17)30-22/h2-9,12,16H,10-11,13-14H2,1H3. The molecule has 0 radical (unpaired) electrons. The molecule has 0 spiro atoms. The molecule has 7 heteroatoms. The number of benzene rings is 1. The fourth-order valence-electron chi connectivity index (χ4n) is 3.63. The van der Waals surface area contributed by atoms with Gasteiger partial charge in [-0.1, -0.05) is 18.2 Å². The average Bonchev–Trinajstić information content (AvgIpc) is 3.42. The first-order valence-corrected chi connectivity index (χ1v) is 10.8. The van der Waals surface area contributed by atoms with Gasteiger partial charge in [0.15, 0.2) is 16.5 Å². The minimum atomic E-state index is -0.0881. The molecular weight excluding hydrogens is 398 g/mol. The second-order valence-electron chi connectivity index (χ2n) is 7.39. The monoisotopic (exact) mass is 419 g/mol. The van der Waals surface area contributed by atoms with Gasteiger partial charge >= 0.3 is 0 Å². The number of pyridine rings is 1. The molecule has 6 nitrogen and oxygen atoms in total. The number of fused-ring (bicyclic) bond motifs is 1. The Kier molecular flexibility index (Phi) is 4.96. The maximum absolute atomic E-state index is 12.9. The first-order valence-electron chi connectivity index (χ1n) is 10.0. The molecule has 1 aliphatic heterocycles. The molecule has 1 amide bonds. The van der Waals surface area contributed by atoms with Gasteiger partial charge in [-0.25, -0.2) is 9.97 Å². The number of piperidine rings is 1. The van der Waals surface area contributed by atoms with Gasteiger partial charge in [-0.3, -0.25) is 4.79 Å². The summed E-state index contributed by atoms with van der Waals surface area (Å²) in [5, 5.41) is 0.785. The molecule has 1 fully saturated rings. The van der Waals surface area contributed by atoms with Gasteiger partial charge in [0.05, 0.1) is 10.2 Å². The van der Waals surface area contributed by atoms with Crippen LogP contribution in [-0.4, -0.2) is 40.0 Å². The van der Waals surface area contributed by atoms with Crippen molar-refractivity contribution >= 4 is 27.5 Å². The van der Waals surface area contributed by atoms with Crippen LogP contribution in [0.3, 0.4) is 0 Å². The molecule has 5 rings (SSSR count). The number of aromatic nitrogens is 2. The normalized spacial score (nSPS) is 14.9. The molecule has 3 aromatic heterocycles. The number of furan rings is 1. The number of hydrogen-bond acceptors (Lipinski definition) is 6. The van der Waals surface area contributed by atoms with Crippen LogP contribution in [0, 0.1) is 6.92 Å². The fraction of sp³-hybridized carbons (Fsp3) is 0.261. The molecule has 152 valence electrons. The Morgan fingerprint density at radius 2 is 1.97 bits per heavy atom. The molecule has 1 aliphatic rings. The lowest BCUT2D eigenvalue weighted by Crippen LogP contribution is -2.41. The fourth-order valence-corrected chi connectivity index (χ4v) is 4.56. The van der Waals surface area contributed by atoms with Gasteiger partial charge in [-0.15, -0.1) is 11.3 Å². The molecular formula is C23H21N3O3S. The number of para-hydroxylation sites is 1. The minimum absolute atomic E-state index is 0.0672. The zero-order chi connectivity index (χ0) is 20.5. The summed E-state index contributed by atoms with van der Waals surface area (Å²) in [5.74, 6) is 1.57. The summed E-state index contributed by atoms with van der Waals surface area (Å²) in [6, 6.07) is 15.4. The number of ether oxygens (including phenoxy) is 1. The molecule has 30 heavy (non-hydrogen) atoms. The van der Waals surface area contributed by atoms with E-state index in [0.717, 1.165) is 33.6 Å². The first kappa shape index (κ1) is 18.8. The van der Waals surface area contributed by atoms with Gasteiger partial charge in [0.2, 0.25) is 5.88 Å². The van der Waals surface area contributed by atoms with Crippen LogP contribution < -0.4 is 4.74 Å². The Morgan fingerprint density at radius 3 is 2.77 bits per heavy atom. The van der Waals surface area contributed by atoms with Crippen molar-refractivity contribution in [1.82, 2.24) is 14.9 Å². The van der Waals surface area contributed by atoms with Crippen molar-refractivity contribution in [3.05, 3.63) is 66.1 Å². The van der Waals surface area contributed by atoms with E-state index in [-0.39, 0.29) is 12.0 Å². The average molecular weight is 420 g/mol. The number of likely N-dealkylation sites (tertiary alicyclic amines) is 1. The molecule has 0 saturated carbocycles. The smallest absolute Gasteiger partial charge is 0.289 e. The van der Waals surface area contributed by atoms with E-state index < -0.39 is 0 Å². The van der Waals surface area contributed by atoms with E-state index in [1.165, 1.54) is 0 Å².